The molecule has 2 aromatic heterocycles. The molecule has 3 heterocycles. The number of amides is 2. The first-order valence-corrected chi connectivity index (χ1v) is 9.94. The standard InChI is InChI=1S/C22H25N5O3/c1-16-4-3-5-20-24-19(14-27(16)20)22(29)25(2)15-21(28)23-17-6-8-18(9-7-17)26-10-12-30-13-11-26/h3-9,14H,10-13,15H2,1-2H3,(H,23,28). The molecule has 0 saturated carbocycles. The topological polar surface area (TPSA) is 79.2 Å². The van der Waals surface area contributed by atoms with E-state index in [1.54, 1.807) is 13.2 Å². The zero-order valence-electron chi connectivity index (χ0n) is 17.2. The Morgan fingerprint density at radius 3 is 2.57 bits per heavy atom. The van der Waals surface area contributed by atoms with Crippen molar-refractivity contribution in [2.75, 3.05) is 50.1 Å². The molecule has 0 atom stereocenters. The van der Waals surface area contributed by atoms with Gasteiger partial charge in [-0.15, -0.1) is 0 Å². The molecule has 1 aromatic carbocycles. The summed E-state index contributed by atoms with van der Waals surface area (Å²) in [5.41, 5.74) is 3.80. The van der Waals surface area contributed by atoms with E-state index < -0.39 is 0 Å². The van der Waals surface area contributed by atoms with Gasteiger partial charge in [0, 0.05) is 43.4 Å². The lowest BCUT2D eigenvalue weighted by atomic mass is 10.2. The third-order valence-corrected chi connectivity index (χ3v) is 5.17. The molecule has 156 valence electrons. The van der Waals surface area contributed by atoms with Gasteiger partial charge in [0.05, 0.1) is 19.8 Å². The van der Waals surface area contributed by atoms with Crippen LogP contribution in [-0.2, 0) is 9.53 Å². The maximum atomic E-state index is 12.7. The summed E-state index contributed by atoms with van der Waals surface area (Å²) >= 11 is 0. The first-order chi connectivity index (χ1) is 14.5. The number of ether oxygens (including phenoxy) is 1. The van der Waals surface area contributed by atoms with Gasteiger partial charge in [0.15, 0.2) is 0 Å². The van der Waals surface area contributed by atoms with Crippen LogP contribution in [0.25, 0.3) is 5.65 Å². The first kappa shape index (κ1) is 19.9. The van der Waals surface area contributed by atoms with Gasteiger partial charge in [-0.2, -0.15) is 0 Å². The van der Waals surface area contributed by atoms with Crippen LogP contribution in [0, 0.1) is 6.92 Å². The number of carbonyl (C=O) groups is 2. The number of aromatic nitrogens is 2. The fourth-order valence-corrected chi connectivity index (χ4v) is 3.51. The minimum absolute atomic E-state index is 0.0586. The molecular formula is C22H25N5O3. The van der Waals surface area contributed by atoms with Crippen LogP contribution in [0.15, 0.2) is 48.7 Å². The van der Waals surface area contributed by atoms with E-state index in [-0.39, 0.29) is 18.4 Å². The average Bonchev–Trinajstić information content (AvgIpc) is 3.20. The summed E-state index contributed by atoms with van der Waals surface area (Å²) in [6, 6.07) is 13.4. The molecular weight excluding hydrogens is 382 g/mol. The number of fused-ring (bicyclic) bond motifs is 1. The molecule has 30 heavy (non-hydrogen) atoms. The quantitative estimate of drug-likeness (QED) is 0.701. The van der Waals surface area contributed by atoms with Gasteiger partial charge in [0.1, 0.15) is 11.3 Å². The highest BCUT2D eigenvalue weighted by Gasteiger charge is 2.18. The van der Waals surface area contributed by atoms with Crippen LogP contribution in [0.2, 0.25) is 0 Å². The summed E-state index contributed by atoms with van der Waals surface area (Å²) in [6.07, 6.45) is 1.70. The summed E-state index contributed by atoms with van der Waals surface area (Å²) in [5.74, 6) is -0.555. The molecule has 1 N–H and O–H groups in total. The average molecular weight is 407 g/mol. The smallest absolute Gasteiger partial charge is 0.274 e. The Hall–Kier alpha value is -3.39. The van der Waals surface area contributed by atoms with E-state index in [0.717, 1.165) is 37.7 Å². The maximum Gasteiger partial charge on any atom is 0.274 e. The van der Waals surface area contributed by atoms with Crippen molar-refractivity contribution in [3.05, 3.63) is 60.0 Å². The second-order valence-electron chi connectivity index (χ2n) is 7.38. The van der Waals surface area contributed by atoms with Crippen LogP contribution >= 0.6 is 0 Å². The normalized spacial score (nSPS) is 14.0. The highest BCUT2D eigenvalue weighted by molar-refractivity contribution is 5.98. The van der Waals surface area contributed by atoms with Crippen LogP contribution in [-0.4, -0.2) is 66.0 Å². The largest absolute Gasteiger partial charge is 0.378 e. The summed E-state index contributed by atoms with van der Waals surface area (Å²) in [4.78, 5) is 33.1. The molecule has 0 aliphatic carbocycles. The van der Waals surface area contributed by atoms with Crippen molar-refractivity contribution in [3.63, 3.8) is 0 Å². The van der Waals surface area contributed by atoms with E-state index in [4.69, 9.17) is 4.74 Å². The van der Waals surface area contributed by atoms with Crippen molar-refractivity contribution in [1.82, 2.24) is 14.3 Å². The molecule has 0 radical (unpaired) electrons. The molecule has 1 saturated heterocycles. The number of hydrogen-bond acceptors (Lipinski definition) is 5. The molecule has 0 spiro atoms. The fourth-order valence-electron chi connectivity index (χ4n) is 3.51. The SMILES string of the molecule is Cc1cccc2nc(C(=O)N(C)CC(=O)Nc3ccc(N4CCOCC4)cc3)cn12. The molecule has 8 nitrogen and oxygen atoms in total. The monoisotopic (exact) mass is 407 g/mol. The van der Waals surface area contributed by atoms with Gasteiger partial charge < -0.3 is 24.3 Å². The number of aryl methyl sites for hydroxylation is 1. The Labute approximate surface area is 175 Å². The number of carbonyl (C=O) groups excluding carboxylic acids is 2. The Balaban J connectivity index is 1.35. The zero-order chi connectivity index (χ0) is 21.1. The minimum atomic E-state index is -0.295. The van der Waals surface area contributed by atoms with E-state index in [0.29, 0.717) is 17.0 Å². The number of nitrogens with zero attached hydrogens (tertiary/aromatic N) is 4. The Bertz CT molecular complexity index is 1050. The van der Waals surface area contributed by atoms with E-state index in [1.165, 1.54) is 4.90 Å². The van der Waals surface area contributed by atoms with Crippen molar-refractivity contribution < 1.29 is 14.3 Å². The molecule has 1 aliphatic heterocycles. The van der Waals surface area contributed by atoms with Gasteiger partial charge in [0.25, 0.3) is 5.91 Å². The molecule has 1 fully saturated rings. The fraction of sp³-hybridized carbons (Fsp3) is 0.318. The van der Waals surface area contributed by atoms with Crippen molar-refractivity contribution in [2.24, 2.45) is 0 Å². The van der Waals surface area contributed by atoms with Crippen molar-refractivity contribution in [3.8, 4) is 0 Å². The van der Waals surface area contributed by atoms with Crippen LogP contribution in [0.1, 0.15) is 16.2 Å². The molecule has 8 heteroatoms. The third-order valence-electron chi connectivity index (χ3n) is 5.17. The van der Waals surface area contributed by atoms with Crippen LogP contribution in [0.5, 0.6) is 0 Å². The number of anilines is 2. The van der Waals surface area contributed by atoms with Crippen molar-refractivity contribution >= 4 is 28.8 Å². The predicted octanol–water partition coefficient (Wildman–Crippen LogP) is 2.19. The first-order valence-electron chi connectivity index (χ1n) is 9.94. The van der Waals surface area contributed by atoms with E-state index in [1.807, 2.05) is 53.8 Å². The number of morpholine rings is 1. The van der Waals surface area contributed by atoms with Crippen LogP contribution in [0.3, 0.4) is 0 Å². The Kier molecular flexibility index (Phi) is 5.67. The number of imidazole rings is 1. The maximum absolute atomic E-state index is 12.7. The second-order valence-corrected chi connectivity index (χ2v) is 7.38. The number of hydrogen-bond donors (Lipinski definition) is 1. The van der Waals surface area contributed by atoms with Crippen molar-refractivity contribution in [1.29, 1.82) is 0 Å². The third kappa shape index (κ3) is 4.28. The summed E-state index contributed by atoms with van der Waals surface area (Å²) in [5, 5.41) is 2.84. The number of nitrogens with one attached hydrogen (secondary N) is 1. The lowest BCUT2D eigenvalue weighted by Gasteiger charge is -2.28. The molecule has 4 rings (SSSR count). The van der Waals surface area contributed by atoms with Gasteiger partial charge in [-0.3, -0.25) is 9.59 Å². The van der Waals surface area contributed by atoms with Crippen LogP contribution < -0.4 is 10.2 Å². The highest BCUT2D eigenvalue weighted by atomic mass is 16.5. The molecule has 0 bridgehead atoms. The highest BCUT2D eigenvalue weighted by Crippen LogP contribution is 2.19. The summed E-state index contributed by atoms with van der Waals surface area (Å²) in [7, 11) is 1.60. The Morgan fingerprint density at radius 2 is 1.87 bits per heavy atom. The number of pyridine rings is 1. The van der Waals surface area contributed by atoms with Gasteiger partial charge in [0.2, 0.25) is 5.91 Å². The lowest BCUT2D eigenvalue weighted by Crippen LogP contribution is -2.36. The van der Waals surface area contributed by atoms with Gasteiger partial charge in [-0.25, -0.2) is 4.98 Å². The number of rotatable bonds is 5. The van der Waals surface area contributed by atoms with Gasteiger partial charge >= 0.3 is 0 Å². The lowest BCUT2D eigenvalue weighted by molar-refractivity contribution is -0.116. The van der Waals surface area contributed by atoms with Crippen LogP contribution in [0.4, 0.5) is 11.4 Å². The second kappa shape index (κ2) is 8.54. The van der Waals surface area contributed by atoms with E-state index >= 15 is 0 Å². The summed E-state index contributed by atoms with van der Waals surface area (Å²) < 4.78 is 7.23. The summed E-state index contributed by atoms with van der Waals surface area (Å²) in [6.45, 7) is 5.07. The molecule has 3 aromatic rings. The minimum Gasteiger partial charge on any atom is -0.378 e. The van der Waals surface area contributed by atoms with Crippen molar-refractivity contribution in [2.45, 2.75) is 6.92 Å². The van der Waals surface area contributed by atoms with E-state index in [2.05, 4.69) is 15.2 Å². The molecule has 0 unspecified atom stereocenters. The van der Waals surface area contributed by atoms with Gasteiger partial charge in [-0.05, 0) is 43.3 Å². The molecule has 1 aliphatic rings. The number of benzene rings is 1. The molecule has 2 amide bonds. The van der Waals surface area contributed by atoms with E-state index in [9.17, 15) is 9.59 Å². The Morgan fingerprint density at radius 1 is 1.13 bits per heavy atom. The number of likely N-dealkylation sites (N-methyl/N-ethyl adjacent to an activating group) is 1. The zero-order valence-corrected chi connectivity index (χ0v) is 17.2. The predicted molar refractivity (Wildman–Crippen MR) is 115 cm³/mol. The van der Waals surface area contributed by atoms with Gasteiger partial charge in [-0.1, -0.05) is 6.07 Å².